The van der Waals surface area contributed by atoms with Crippen molar-refractivity contribution >= 4 is 21.8 Å². The first-order valence-corrected chi connectivity index (χ1v) is 6.67. The van der Waals surface area contributed by atoms with Gasteiger partial charge >= 0.3 is 0 Å². The number of nitrogens with zero attached hydrogens (tertiary/aromatic N) is 1. The molecule has 98 valence electrons. The van der Waals surface area contributed by atoms with Crippen LogP contribution in [0, 0.1) is 11.2 Å². The van der Waals surface area contributed by atoms with Gasteiger partial charge in [-0.1, -0.05) is 15.9 Å². The predicted molar refractivity (Wildman–Crippen MR) is 71.3 cm³/mol. The second-order valence-corrected chi connectivity index (χ2v) is 5.80. The third-order valence-corrected chi connectivity index (χ3v) is 3.95. The second-order valence-electron chi connectivity index (χ2n) is 4.88. The molecule has 1 saturated carbocycles. The van der Waals surface area contributed by atoms with Crippen molar-refractivity contribution in [1.29, 1.82) is 0 Å². The van der Waals surface area contributed by atoms with Crippen LogP contribution in [-0.4, -0.2) is 24.4 Å². The number of carbonyl (C=O) groups excluding carboxylic acids is 1. The van der Waals surface area contributed by atoms with Crippen LogP contribution < -0.4 is 5.73 Å². The van der Waals surface area contributed by atoms with Crippen molar-refractivity contribution in [2.45, 2.75) is 19.4 Å². The molecule has 0 heterocycles. The van der Waals surface area contributed by atoms with Crippen LogP contribution in [0.4, 0.5) is 4.39 Å². The smallest absolute Gasteiger partial charge is 0.230 e. The molecule has 0 spiro atoms. The lowest BCUT2D eigenvalue weighted by molar-refractivity contribution is -0.135. The molecule has 1 aromatic carbocycles. The maximum atomic E-state index is 13.6. The van der Waals surface area contributed by atoms with Crippen molar-refractivity contribution in [3.8, 4) is 0 Å². The molecule has 18 heavy (non-hydrogen) atoms. The summed E-state index contributed by atoms with van der Waals surface area (Å²) in [4.78, 5) is 13.7. The molecule has 1 fully saturated rings. The molecule has 3 nitrogen and oxygen atoms in total. The van der Waals surface area contributed by atoms with Crippen LogP contribution in [0.25, 0.3) is 0 Å². The SMILES string of the molecule is CN(Cc1cc(Br)ccc1F)C(=O)C1(CN)CC1. The van der Waals surface area contributed by atoms with Crippen molar-refractivity contribution in [1.82, 2.24) is 4.90 Å². The van der Waals surface area contributed by atoms with E-state index in [1.165, 1.54) is 6.07 Å². The monoisotopic (exact) mass is 314 g/mol. The molecule has 0 radical (unpaired) electrons. The number of hydrogen-bond acceptors (Lipinski definition) is 2. The zero-order chi connectivity index (χ0) is 13.3. The average Bonchev–Trinajstić information content (AvgIpc) is 3.14. The minimum Gasteiger partial charge on any atom is -0.341 e. The standard InChI is InChI=1S/C13H16BrFN2O/c1-17(12(18)13(8-16)4-5-13)7-9-6-10(14)2-3-11(9)15/h2-3,6H,4-5,7-8,16H2,1H3. The lowest BCUT2D eigenvalue weighted by Crippen LogP contribution is -2.37. The summed E-state index contributed by atoms with van der Waals surface area (Å²) in [5.74, 6) is -0.278. The van der Waals surface area contributed by atoms with E-state index >= 15 is 0 Å². The van der Waals surface area contributed by atoms with Crippen molar-refractivity contribution in [2.24, 2.45) is 11.1 Å². The summed E-state index contributed by atoms with van der Waals surface area (Å²) in [5, 5.41) is 0. The molecule has 0 saturated heterocycles. The third kappa shape index (κ3) is 2.57. The Kier molecular flexibility index (Phi) is 3.73. The van der Waals surface area contributed by atoms with Gasteiger partial charge in [0.15, 0.2) is 0 Å². The van der Waals surface area contributed by atoms with Crippen molar-refractivity contribution < 1.29 is 9.18 Å². The highest BCUT2D eigenvalue weighted by atomic mass is 79.9. The summed E-state index contributed by atoms with van der Waals surface area (Å²) in [6, 6.07) is 4.73. The quantitative estimate of drug-likeness (QED) is 0.926. The number of halogens is 2. The Morgan fingerprint density at radius 2 is 2.22 bits per heavy atom. The number of rotatable bonds is 4. The number of amides is 1. The summed E-state index contributed by atoms with van der Waals surface area (Å²) < 4.78 is 14.4. The fourth-order valence-electron chi connectivity index (χ4n) is 2.05. The third-order valence-electron chi connectivity index (χ3n) is 3.46. The summed E-state index contributed by atoms with van der Waals surface area (Å²) in [6.45, 7) is 0.642. The summed E-state index contributed by atoms with van der Waals surface area (Å²) in [6.07, 6.45) is 1.68. The van der Waals surface area contributed by atoms with Crippen LogP contribution >= 0.6 is 15.9 Å². The Bertz CT molecular complexity index is 474. The predicted octanol–water partition coefficient (Wildman–Crippen LogP) is 2.29. The molecule has 5 heteroatoms. The van der Waals surface area contributed by atoms with Crippen LogP contribution in [0.1, 0.15) is 18.4 Å². The molecule has 1 aliphatic carbocycles. The normalized spacial score (nSPS) is 16.4. The van der Waals surface area contributed by atoms with E-state index in [-0.39, 0.29) is 23.7 Å². The molecule has 0 atom stereocenters. The summed E-state index contributed by atoms with van der Waals surface area (Å²) in [7, 11) is 1.69. The Labute approximate surface area is 114 Å². The molecule has 2 N–H and O–H groups in total. The van der Waals surface area contributed by atoms with E-state index in [9.17, 15) is 9.18 Å². The van der Waals surface area contributed by atoms with Gasteiger partial charge in [0, 0.05) is 30.2 Å². The Balaban J connectivity index is 2.09. The van der Waals surface area contributed by atoms with E-state index in [1.54, 1.807) is 24.1 Å². The number of carbonyl (C=O) groups is 1. The lowest BCUT2D eigenvalue weighted by Gasteiger charge is -2.22. The van der Waals surface area contributed by atoms with Crippen LogP contribution in [0.2, 0.25) is 0 Å². The van der Waals surface area contributed by atoms with Gasteiger partial charge < -0.3 is 10.6 Å². The molecule has 1 amide bonds. The van der Waals surface area contributed by atoms with Gasteiger partial charge in [-0.05, 0) is 31.0 Å². The van der Waals surface area contributed by atoms with E-state index in [0.717, 1.165) is 17.3 Å². The zero-order valence-corrected chi connectivity index (χ0v) is 11.8. The van der Waals surface area contributed by atoms with Crippen LogP contribution in [0.5, 0.6) is 0 Å². The molecule has 0 aliphatic heterocycles. The Hall–Kier alpha value is -0.940. The van der Waals surface area contributed by atoms with E-state index in [1.807, 2.05) is 0 Å². The topological polar surface area (TPSA) is 46.3 Å². The molecular weight excluding hydrogens is 299 g/mol. The molecule has 0 unspecified atom stereocenters. The average molecular weight is 315 g/mol. The van der Waals surface area contributed by atoms with E-state index < -0.39 is 0 Å². The van der Waals surface area contributed by atoms with E-state index in [4.69, 9.17) is 5.73 Å². The zero-order valence-electron chi connectivity index (χ0n) is 10.2. The molecule has 0 aromatic heterocycles. The second kappa shape index (κ2) is 4.97. The Morgan fingerprint density at radius 3 is 2.78 bits per heavy atom. The fourth-order valence-corrected chi connectivity index (χ4v) is 2.46. The van der Waals surface area contributed by atoms with Crippen LogP contribution in [0.15, 0.2) is 22.7 Å². The lowest BCUT2D eigenvalue weighted by atomic mass is 10.1. The first kappa shape index (κ1) is 13.5. The van der Waals surface area contributed by atoms with E-state index in [2.05, 4.69) is 15.9 Å². The molecule has 2 rings (SSSR count). The van der Waals surface area contributed by atoms with Crippen LogP contribution in [-0.2, 0) is 11.3 Å². The van der Waals surface area contributed by atoms with Gasteiger partial charge in [0.25, 0.3) is 0 Å². The fraction of sp³-hybridized carbons (Fsp3) is 0.462. The summed E-state index contributed by atoms with van der Waals surface area (Å²) in [5.41, 5.74) is 5.76. The van der Waals surface area contributed by atoms with Gasteiger partial charge in [-0.15, -0.1) is 0 Å². The Morgan fingerprint density at radius 1 is 1.56 bits per heavy atom. The highest BCUT2D eigenvalue weighted by molar-refractivity contribution is 9.10. The van der Waals surface area contributed by atoms with Gasteiger partial charge in [0.05, 0.1) is 5.41 Å². The van der Waals surface area contributed by atoms with Crippen molar-refractivity contribution in [3.05, 3.63) is 34.1 Å². The maximum Gasteiger partial charge on any atom is 0.230 e. The highest BCUT2D eigenvalue weighted by Crippen LogP contribution is 2.46. The van der Waals surface area contributed by atoms with Gasteiger partial charge in [0.1, 0.15) is 5.82 Å². The van der Waals surface area contributed by atoms with Gasteiger partial charge in [-0.3, -0.25) is 4.79 Å². The number of nitrogens with two attached hydrogens (primary N) is 1. The van der Waals surface area contributed by atoms with E-state index in [0.29, 0.717) is 12.1 Å². The molecular formula is C13H16BrFN2O. The highest BCUT2D eigenvalue weighted by Gasteiger charge is 2.49. The largest absolute Gasteiger partial charge is 0.341 e. The minimum atomic E-state index is -0.378. The first-order valence-electron chi connectivity index (χ1n) is 5.88. The maximum absolute atomic E-state index is 13.6. The van der Waals surface area contributed by atoms with Crippen LogP contribution in [0.3, 0.4) is 0 Å². The minimum absolute atomic E-state index is 0.0179. The summed E-state index contributed by atoms with van der Waals surface area (Å²) >= 11 is 3.30. The van der Waals surface area contributed by atoms with Crippen molar-refractivity contribution in [2.75, 3.05) is 13.6 Å². The molecule has 1 aromatic rings. The number of hydrogen-bond donors (Lipinski definition) is 1. The first-order chi connectivity index (χ1) is 8.48. The van der Waals surface area contributed by atoms with Gasteiger partial charge in [0.2, 0.25) is 5.91 Å². The van der Waals surface area contributed by atoms with Crippen molar-refractivity contribution in [3.63, 3.8) is 0 Å². The number of benzene rings is 1. The van der Waals surface area contributed by atoms with Gasteiger partial charge in [-0.2, -0.15) is 0 Å². The molecule has 0 bridgehead atoms. The van der Waals surface area contributed by atoms with Gasteiger partial charge in [-0.25, -0.2) is 4.39 Å². The molecule has 1 aliphatic rings.